The molecule has 1 aliphatic heterocycles. The average molecular weight is 399 g/mol. The molecule has 1 heterocycles. The molecule has 2 aromatic carbocycles. The Bertz CT molecular complexity index is 834. The SMILES string of the molecule is COc1ccc(OCC(=O)N2CCCSC2=Nc2ccccc2C(C)C)cc1. The fourth-order valence-corrected chi connectivity index (χ4v) is 3.93. The number of ether oxygens (including phenoxy) is 2. The fourth-order valence-electron chi connectivity index (χ4n) is 2.96. The highest BCUT2D eigenvalue weighted by atomic mass is 32.2. The molecule has 1 fully saturated rings. The Morgan fingerprint density at radius 2 is 1.86 bits per heavy atom. The first-order chi connectivity index (χ1) is 13.6. The maximum absolute atomic E-state index is 12.8. The van der Waals surface area contributed by atoms with Crippen molar-refractivity contribution in [3.05, 3.63) is 54.1 Å². The van der Waals surface area contributed by atoms with Crippen molar-refractivity contribution in [1.29, 1.82) is 0 Å². The van der Waals surface area contributed by atoms with E-state index in [-0.39, 0.29) is 12.5 Å². The summed E-state index contributed by atoms with van der Waals surface area (Å²) in [5.74, 6) is 2.65. The zero-order chi connectivity index (χ0) is 19.9. The number of carbonyl (C=O) groups excluding carboxylic acids is 1. The Hall–Kier alpha value is -2.47. The van der Waals surface area contributed by atoms with Gasteiger partial charge in [-0.05, 0) is 48.2 Å². The molecule has 0 N–H and O–H groups in total. The smallest absolute Gasteiger partial charge is 0.266 e. The van der Waals surface area contributed by atoms with Gasteiger partial charge in [0, 0.05) is 12.3 Å². The highest BCUT2D eigenvalue weighted by Gasteiger charge is 2.24. The minimum Gasteiger partial charge on any atom is -0.497 e. The average Bonchev–Trinajstić information content (AvgIpc) is 2.73. The van der Waals surface area contributed by atoms with E-state index in [1.807, 2.05) is 30.3 Å². The van der Waals surface area contributed by atoms with E-state index in [0.29, 0.717) is 18.2 Å². The number of hydrogen-bond donors (Lipinski definition) is 0. The van der Waals surface area contributed by atoms with Crippen LogP contribution in [0.25, 0.3) is 0 Å². The van der Waals surface area contributed by atoms with Gasteiger partial charge in [-0.1, -0.05) is 43.8 Å². The summed E-state index contributed by atoms with van der Waals surface area (Å²) in [7, 11) is 1.62. The van der Waals surface area contributed by atoms with Crippen LogP contribution in [-0.4, -0.2) is 42.0 Å². The number of methoxy groups -OCH3 is 1. The zero-order valence-electron chi connectivity index (χ0n) is 16.6. The molecule has 6 heteroatoms. The summed E-state index contributed by atoms with van der Waals surface area (Å²) in [5.41, 5.74) is 2.11. The normalized spacial score (nSPS) is 15.7. The Labute approximate surface area is 170 Å². The summed E-state index contributed by atoms with van der Waals surface area (Å²) in [5, 5.41) is 0.752. The lowest BCUT2D eigenvalue weighted by Crippen LogP contribution is -2.41. The van der Waals surface area contributed by atoms with E-state index < -0.39 is 0 Å². The van der Waals surface area contributed by atoms with Gasteiger partial charge in [-0.3, -0.25) is 9.69 Å². The van der Waals surface area contributed by atoms with Gasteiger partial charge in [-0.15, -0.1) is 0 Å². The molecular formula is C22H26N2O3S. The Balaban J connectivity index is 1.72. The third-order valence-electron chi connectivity index (χ3n) is 4.49. The molecule has 148 valence electrons. The predicted octanol–water partition coefficient (Wildman–Crippen LogP) is 4.85. The monoisotopic (exact) mass is 398 g/mol. The lowest BCUT2D eigenvalue weighted by Gasteiger charge is -2.28. The predicted molar refractivity (Wildman–Crippen MR) is 115 cm³/mol. The molecule has 5 nitrogen and oxygen atoms in total. The van der Waals surface area contributed by atoms with E-state index in [9.17, 15) is 4.79 Å². The molecule has 0 aromatic heterocycles. The second-order valence-electron chi connectivity index (χ2n) is 6.82. The highest BCUT2D eigenvalue weighted by molar-refractivity contribution is 8.13. The molecule has 1 saturated heterocycles. The highest BCUT2D eigenvalue weighted by Crippen LogP contribution is 2.29. The maximum Gasteiger partial charge on any atom is 0.266 e. The van der Waals surface area contributed by atoms with Crippen LogP contribution in [0.2, 0.25) is 0 Å². The van der Waals surface area contributed by atoms with Gasteiger partial charge < -0.3 is 9.47 Å². The van der Waals surface area contributed by atoms with Gasteiger partial charge in [0.25, 0.3) is 5.91 Å². The lowest BCUT2D eigenvalue weighted by atomic mass is 10.0. The van der Waals surface area contributed by atoms with Crippen LogP contribution in [0.3, 0.4) is 0 Å². The summed E-state index contributed by atoms with van der Waals surface area (Å²) < 4.78 is 10.8. The number of thioether (sulfide) groups is 1. The van der Waals surface area contributed by atoms with Crippen LogP contribution in [0, 0.1) is 0 Å². The van der Waals surface area contributed by atoms with Gasteiger partial charge >= 0.3 is 0 Å². The number of amidine groups is 1. The van der Waals surface area contributed by atoms with Gasteiger partial charge in [0.1, 0.15) is 11.5 Å². The molecule has 0 unspecified atom stereocenters. The van der Waals surface area contributed by atoms with E-state index in [1.54, 1.807) is 35.9 Å². The van der Waals surface area contributed by atoms with Crippen LogP contribution in [-0.2, 0) is 4.79 Å². The standard InChI is InChI=1S/C22H26N2O3S/c1-16(2)19-7-4-5-8-20(19)23-22-24(13-6-14-28-22)21(25)15-27-18-11-9-17(26-3)10-12-18/h4-5,7-12,16H,6,13-15H2,1-3H3. The van der Waals surface area contributed by atoms with Crippen molar-refractivity contribution in [3.8, 4) is 11.5 Å². The van der Waals surface area contributed by atoms with E-state index in [0.717, 1.165) is 28.8 Å². The van der Waals surface area contributed by atoms with Gasteiger partial charge in [0.2, 0.25) is 0 Å². The van der Waals surface area contributed by atoms with Gasteiger partial charge in [-0.25, -0.2) is 4.99 Å². The number of carbonyl (C=O) groups is 1. The second-order valence-corrected chi connectivity index (χ2v) is 7.88. The first-order valence-corrected chi connectivity index (χ1v) is 10.4. The number of rotatable bonds is 6. The molecule has 0 radical (unpaired) electrons. The molecule has 28 heavy (non-hydrogen) atoms. The molecule has 0 saturated carbocycles. The maximum atomic E-state index is 12.8. The molecule has 0 aliphatic carbocycles. The van der Waals surface area contributed by atoms with E-state index in [4.69, 9.17) is 14.5 Å². The minimum absolute atomic E-state index is 0.0161. The van der Waals surface area contributed by atoms with Gasteiger partial charge in [-0.2, -0.15) is 0 Å². The molecule has 2 aromatic rings. The minimum atomic E-state index is -0.0798. The summed E-state index contributed by atoms with van der Waals surface area (Å²) >= 11 is 1.62. The lowest BCUT2D eigenvalue weighted by molar-refractivity contribution is -0.129. The molecule has 0 bridgehead atoms. The van der Waals surface area contributed by atoms with Crippen LogP contribution < -0.4 is 9.47 Å². The number of benzene rings is 2. The summed E-state index contributed by atoms with van der Waals surface area (Å²) in [4.78, 5) is 19.4. The van der Waals surface area contributed by atoms with Crippen molar-refractivity contribution in [1.82, 2.24) is 4.90 Å². The van der Waals surface area contributed by atoms with Crippen LogP contribution in [0.15, 0.2) is 53.5 Å². The zero-order valence-corrected chi connectivity index (χ0v) is 17.4. The first kappa shape index (κ1) is 20.3. The Morgan fingerprint density at radius 1 is 1.14 bits per heavy atom. The fraction of sp³-hybridized carbons (Fsp3) is 0.364. The van der Waals surface area contributed by atoms with Gasteiger partial charge in [0.15, 0.2) is 11.8 Å². The first-order valence-electron chi connectivity index (χ1n) is 9.46. The quantitative estimate of drug-likeness (QED) is 0.698. The number of amides is 1. The second kappa shape index (κ2) is 9.64. The van der Waals surface area contributed by atoms with Crippen LogP contribution in [0.5, 0.6) is 11.5 Å². The van der Waals surface area contributed by atoms with Crippen molar-refractivity contribution >= 4 is 28.5 Å². The van der Waals surface area contributed by atoms with E-state index >= 15 is 0 Å². The van der Waals surface area contributed by atoms with Crippen LogP contribution in [0.1, 0.15) is 31.7 Å². The Kier molecular flexibility index (Phi) is 6.98. The molecule has 3 rings (SSSR count). The van der Waals surface area contributed by atoms with E-state index in [1.165, 1.54) is 5.56 Å². The van der Waals surface area contributed by atoms with Crippen molar-refractivity contribution in [2.24, 2.45) is 4.99 Å². The number of nitrogens with zero attached hydrogens (tertiary/aromatic N) is 2. The van der Waals surface area contributed by atoms with Crippen LogP contribution >= 0.6 is 11.8 Å². The molecule has 1 amide bonds. The number of hydrogen-bond acceptors (Lipinski definition) is 5. The van der Waals surface area contributed by atoms with Crippen molar-refractivity contribution in [3.63, 3.8) is 0 Å². The largest absolute Gasteiger partial charge is 0.497 e. The molecular weight excluding hydrogens is 372 g/mol. The van der Waals surface area contributed by atoms with Crippen molar-refractivity contribution in [2.75, 3.05) is 26.0 Å². The third kappa shape index (κ3) is 5.07. The third-order valence-corrected chi connectivity index (χ3v) is 5.55. The molecule has 1 aliphatic rings. The number of aliphatic imine (C=N–C) groups is 1. The summed E-state index contributed by atoms with van der Waals surface area (Å²) in [6, 6.07) is 15.3. The topological polar surface area (TPSA) is 51.1 Å². The van der Waals surface area contributed by atoms with Crippen molar-refractivity contribution in [2.45, 2.75) is 26.2 Å². The van der Waals surface area contributed by atoms with Gasteiger partial charge in [0.05, 0.1) is 12.8 Å². The summed E-state index contributed by atoms with van der Waals surface area (Å²) in [6.07, 6.45) is 0.948. The number of para-hydroxylation sites is 1. The molecule has 0 atom stereocenters. The van der Waals surface area contributed by atoms with Crippen molar-refractivity contribution < 1.29 is 14.3 Å². The Morgan fingerprint density at radius 3 is 2.57 bits per heavy atom. The summed E-state index contributed by atoms with van der Waals surface area (Å²) in [6.45, 7) is 4.95. The molecule has 0 spiro atoms. The van der Waals surface area contributed by atoms with E-state index in [2.05, 4.69) is 19.9 Å². The van der Waals surface area contributed by atoms with Crippen LogP contribution in [0.4, 0.5) is 5.69 Å².